The molecule has 0 aromatic heterocycles. The van der Waals surface area contributed by atoms with E-state index in [9.17, 15) is 0 Å². The molecule has 1 unspecified atom stereocenters. The van der Waals surface area contributed by atoms with Gasteiger partial charge in [-0.2, -0.15) is 0 Å². The van der Waals surface area contributed by atoms with E-state index in [1.54, 1.807) is 0 Å². The molecule has 1 rings (SSSR count). The number of ether oxygens (including phenoxy) is 1. The smallest absolute Gasteiger partial charge is 0.0717 e. The summed E-state index contributed by atoms with van der Waals surface area (Å²) in [4.78, 5) is 0. The van der Waals surface area contributed by atoms with E-state index >= 15 is 0 Å². The zero-order chi connectivity index (χ0) is 10.2. The Bertz CT molecular complexity index is 269. The molecule has 0 bridgehead atoms. The molecule has 0 spiro atoms. The first kappa shape index (κ1) is 11.7. The molecule has 0 radical (unpaired) electrons. The van der Waals surface area contributed by atoms with E-state index in [4.69, 9.17) is 4.74 Å². The molecule has 14 heavy (non-hydrogen) atoms. The first-order valence-corrected chi connectivity index (χ1v) is 5.96. The highest BCUT2D eigenvalue weighted by Crippen LogP contribution is 2.04. The highest BCUT2D eigenvalue weighted by Gasteiger charge is 1.97. The van der Waals surface area contributed by atoms with Crippen molar-refractivity contribution < 1.29 is 4.74 Å². The van der Waals surface area contributed by atoms with E-state index in [1.165, 1.54) is 5.56 Å². The van der Waals surface area contributed by atoms with E-state index in [0.717, 1.165) is 6.61 Å². The van der Waals surface area contributed by atoms with Gasteiger partial charge in [0.1, 0.15) is 0 Å². The Hall–Kier alpha value is -0.350. The second-order valence-electron chi connectivity index (χ2n) is 3.30. The molecule has 2 heteroatoms. The molecule has 1 aromatic carbocycles. The molecular formula is C12H15IO. The topological polar surface area (TPSA) is 9.23 Å². The normalized spacial score (nSPS) is 13.3. The van der Waals surface area contributed by atoms with Crippen molar-refractivity contribution in [3.8, 4) is 0 Å². The van der Waals surface area contributed by atoms with Crippen LogP contribution in [-0.4, -0.2) is 6.61 Å². The van der Waals surface area contributed by atoms with E-state index in [2.05, 4.69) is 47.7 Å². The van der Waals surface area contributed by atoms with Gasteiger partial charge in [0.15, 0.2) is 0 Å². The van der Waals surface area contributed by atoms with Gasteiger partial charge < -0.3 is 4.74 Å². The van der Waals surface area contributed by atoms with Gasteiger partial charge in [-0.25, -0.2) is 0 Å². The van der Waals surface area contributed by atoms with Gasteiger partial charge in [-0.15, -0.1) is 0 Å². The Morgan fingerprint density at radius 2 is 2.07 bits per heavy atom. The summed E-state index contributed by atoms with van der Waals surface area (Å²) in [5.41, 5.74) is 1.23. The monoisotopic (exact) mass is 302 g/mol. The van der Waals surface area contributed by atoms with Crippen molar-refractivity contribution in [1.29, 1.82) is 0 Å². The third-order valence-electron chi connectivity index (χ3n) is 1.89. The Kier molecular flexibility index (Phi) is 5.87. The molecule has 0 fully saturated rings. The molecule has 76 valence electrons. The molecule has 1 aromatic rings. The van der Waals surface area contributed by atoms with Crippen molar-refractivity contribution in [2.75, 3.05) is 6.61 Å². The fourth-order valence-corrected chi connectivity index (χ4v) is 1.83. The highest BCUT2D eigenvalue weighted by molar-refractivity contribution is 14.1. The van der Waals surface area contributed by atoms with E-state index in [1.807, 2.05) is 22.3 Å². The first-order valence-electron chi connectivity index (χ1n) is 4.71. The van der Waals surface area contributed by atoms with Crippen LogP contribution >= 0.6 is 22.6 Å². The number of hydrogen-bond donors (Lipinski definition) is 0. The van der Waals surface area contributed by atoms with Gasteiger partial charge >= 0.3 is 0 Å². The van der Waals surface area contributed by atoms with Gasteiger partial charge in [0.05, 0.1) is 13.2 Å². The van der Waals surface area contributed by atoms with Crippen LogP contribution in [0, 0.1) is 5.92 Å². The van der Waals surface area contributed by atoms with Gasteiger partial charge in [-0.3, -0.25) is 0 Å². The van der Waals surface area contributed by atoms with Crippen LogP contribution in [0.2, 0.25) is 0 Å². The molecule has 0 saturated carbocycles. The second-order valence-corrected chi connectivity index (χ2v) is 4.02. The number of halogens is 1. The average molecular weight is 302 g/mol. The predicted octanol–water partition coefficient (Wildman–Crippen LogP) is 3.79. The molecule has 0 aliphatic rings. The van der Waals surface area contributed by atoms with E-state index in [0.29, 0.717) is 12.5 Å². The van der Waals surface area contributed by atoms with Crippen molar-refractivity contribution in [1.82, 2.24) is 0 Å². The third-order valence-corrected chi connectivity index (χ3v) is 2.31. The lowest BCUT2D eigenvalue weighted by molar-refractivity contribution is 0.104. The van der Waals surface area contributed by atoms with Crippen molar-refractivity contribution >= 4 is 22.6 Å². The van der Waals surface area contributed by atoms with Gasteiger partial charge in [0.25, 0.3) is 0 Å². The third kappa shape index (κ3) is 4.77. The molecule has 0 N–H and O–H groups in total. The lowest BCUT2D eigenvalue weighted by Crippen LogP contribution is -2.02. The number of benzene rings is 1. The molecule has 1 atom stereocenters. The van der Waals surface area contributed by atoms with Crippen molar-refractivity contribution in [3.05, 3.63) is 46.1 Å². The van der Waals surface area contributed by atoms with Crippen LogP contribution in [0.1, 0.15) is 12.5 Å². The Morgan fingerprint density at radius 1 is 1.36 bits per heavy atom. The molecule has 0 aliphatic heterocycles. The van der Waals surface area contributed by atoms with Crippen LogP contribution in [0.3, 0.4) is 0 Å². The lowest BCUT2D eigenvalue weighted by atomic mass is 10.2. The second kappa shape index (κ2) is 7.01. The van der Waals surface area contributed by atoms with Crippen LogP contribution in [-0.2, 0) is 11.3 Å². The van der Waals surface area contributed by atoms with Gasteiger partial charge in [-0.1, -0.05) is 65.9 Å². The van der Waals surface area contributed by atoms with Crippen LogP contribution in [0.15, 0.2) is 40.5 Å². The van der Waals surface area contributed by atoms with Crippen molar-refractivity contribution in [2.45, 2.75) is 13.5 Å². The van der Waals surface area contributed by atoms with Crippen LogP contribution < -0.4 is 0 Å². The number of hydrogen-bond acceptors (Lipinski definition) is 1. The SMILES string of the molecule is CC(/C=C/I)COCc1ccccc1. The number of rotatable bonds is 5. The fourth-order valence-electron chi connectivity index (χ4n) is 1.12. The lowest BCUT2D eigenvalue weighted by Gasteiger charge is -2.07. The summed E-state index contributed by atoms with van der Waals surface area (Å²) in [5.74, 6) is 0.496. The minimum atomic E-state index is 0.496. The summed E-state index contributed by atoms with van der Waals surface area (Å²) >= 11 is 2.23. The highest BCUT2D eigenvalue weighted by atomic mass is 127. The molecule has 0 saturated heterocycles. The quantitative estimate of drug-likeness (QED) is 0.752. The van der Waals surface area contributed by atoms with Crippen LogP contribution in [0.25, 0.3) is 0 Å². The summed E-state index contributed by atoms with van der Waals surface area (Å²) in [6.45, 7) is 3.65. The largest absolute Gasteiger partial charge is 0.376 e. The van der Waals surface area contributed by atoms with Crippen molar-refractivity contribution in [3.63, 3.8) is 0 Å². The Balaban J connectivity index is 2.22. The maximum Gasteiger partial charge on any atom is 0.0717 e. The van der Waals surface area contributed by atoms with E-state index in [-0.39, 0.29) is 0 Å². The molecule has 0 heterocycles. The van der Waals surface area contributed by atoms with E-state index < -0.39 is 0 Å². The maximum atomic E-state index is 5.58. The molecule has 1 nitrogen and oxygen atoms in total. The molecular weight excluding hydrogens is 287 g/mol. The fraction of sp³-hybridized carbons (Fsp3) is 0.333. The zero-order valence-corrected chi connectivity index (χ0v) is 10.5. The van der Waals surface area contributed by atoms with Crippen LogP contribution in [0.4, 0.5) is 0 Å². The summed E-state index contributed by atoms with van der Waals surface area (Å²) in [6, 6.07) is 10.3. The van der Waals surface area contributed by atoms with Gasteiger partial charge in [-0.05, 0) is 15.6 Å². The summed E-state index contributed by atoms with van der Waals surface area (Å²) in [6.07, 6.45) is 2.14. The predicted molar refractivity (Wildman–Crippen MR) is 68.4 cm³/mol. The Labute approximate surface area is 99.3 Å². The van der Waals surface area contributed by atoms with Gasteiger partial charge in [0.2, 0.25) is 0 Å². The molecule has 0 aliphatic carbocycles. The van der Waals surface area contributed by atoms with Gasteiger partial charge in [0, 0.05) is 0 Å². The summed E-state index contributed by atoms with van der Waals surface area (Å²) in [5, 5.41) is 0. The van der Waals surface area contributed by atoms with Crippen molar-refractivity contribution in [2.24, 2.45) is 5.92 Å². The maximum absolute atomic E-state index is 5.58. The molecule has 0 amide bonds. The zero-order valence-electron chi connectivity index (χ0n) is 8.32. The average Bonchev–Trinajstić information content (AvgIpc) is 2.20. The standard InChI is InChI=1S/C12H15IO/c1-11(7-8-13)9-14-10-12-5-3-2-4-6-12/h2-8,11H,9-10H2,1H3/b8-7+. The van der Waals surface area contributed by atoms with Crippen LogP contribution in [0.5, 0.6) is 0 Å². The summed E-state index contributed by atoms with van der Waals surface area (Å²) < 4.78 is 7.62. The summed E-state index contributed by atoms with van der Waals surface area (Å²) in [7, 11) is 0. The minimum absolute atomic E-state index is 0.496. The first-order chi connectivity index (χ1) is 6.83. The minimum Gasteiger partial charge on any atom is -0.376 e. The Morgan fingerprint density at radius 3 is 2.71 bits per heavy atom.